The zero-order valence-electron chi connectivity index (χ0n) is 27.5. The van der Waals surface area contributed by atoms with Crippen LogP contribution in [0, 0.1) is 0 Å². The minimum absolute atomic E-state index is 0.509. The van der Waals surface area contributed by atoms with Crippen molar-refractivity contribution >= 4 is 0 Å². The summed E-state index contributed by atoms with van der Waals surface area (Å²) in [6.07, 6.45) is 9.89. The molecule has 0 radical (unpaired) electrons. The number of hydrogen-bond acceptors (Lipinski definition) is 8. The van der Waals surface area contributed by atoms with Crippen molar-refractivity contribution in [2.24, 2.45) is 0 Å². The number of ether oxygens (including phenoxy) is 4. The molecule has 10 heterocycles. The Labute approximate surface area is 251 Å². The number of morpholine rings is 4. The molecular formula is C33H62N4O4. The lowest BCUT2D eigenvalue weighted by Gasteiger charge is -2.51. The van der Waals surface area contributed by atoms with Crippen LogP contribution in [0.3, 0.4) is 0 Å². The molecule has 0 spiro atoms. The standard InChI is InChI=1S/C10H19NO.2C8H15NO.C7H13NO/c1-7(2)11-8(3)10-5-4-9(11)6-12-10;2*1-6(2)9-4-8-3-7(9)5-10-8;1-5-7-3-2-6(8-5)4-9-7/h7-10H,4-6H2,1-3H3;2*6-8H,3-5H2,1-2H3;5-8H,2-4H2,1H3/t8-,9?,10?;2*7-,8-;5-,6?,7?/m0101/s1. The average Bonchev–Trinajstić information content (AvgIpc) is 3.78. The van der Waals surface area contributed by atoms with Crippen molar-refractivity contribution in [3.63, 3.8) is 0 Å². The molecule has 0 saturated carbocycles. The van der Waals surface area contributed by atoms with E-state index < -0.39 is 0 Å². The van der Waals surface area contributed by atoms with Gasteiger partial charge in [0, 0.05) is 67.5 Å². The van der Waals surface area contributed by atoms with E-state index >= 15 is 0 Å². The van der Waals surface area contributed by atoms with Gasteiger partial charge in [-0.1, -0.05) is 0 Å². The fourth-order valence-corrected chi connectivity index (χ4v) is 8.69. The summed E-state index contributed by atoms with van der Waals surface area (Å²) in [5.41, 5.74) is 0. The Bertz CT molecular complexity index is 764. The van der Waals surface area contributed by atoms with E-state index in [1.807, 2.05) is 0 Å². The second kappa shape index (κ2) is 14.2. The zero-order chi connectivity index (χ0) is 29.3. The van der Waals surface area contributed by atoms with Gasteiger partial charge < -0.3 is 24.3 Å². The molecule has 0 amide bonds. The van der Waals surface area contributed by atoms with Crippen LogP contribution in [0.25, 0.3) is 0 Å². The predicted molar refractivity (Wildman–Crippen MR) is 165 cm³/mol. The van der Waals surface area contributed by atoms with Crippen molar-refractivity contribution in [2.75, 3.05) is 39.5 Å². The van der Waals surface area contributed by atoms with E-state index in [2.05, 4.69) is 75.4 Å². The van der Waals surface area contributed by atoms with Crippen molar-refractivity contribution in [3.8, 4) is 0 Å². The summed E-state index contributed by atoms with van der Waals surface area (Å²) in [6.45, 7) is 24.3. The Morgan fingerprint density at radius 3 is 1.34 bits per heavy atom. The van der Waals surface area contributed by atoms with E-state index in [-0.39, 0.29) is 0 Å². The molecule has 10 aliphatic heterocycles. The molecule has 10 aliphatic rings. The minimum Gasteiger partial charge on any atom is -0.375 e. The van der Waals surface area contributed by atoms with Gasteiger partial charge in [0.05, 0.1) is 50.8 Å². The van der Waals surface area contributed by atoms with Crippen LogP contribution in [0.4, 0.5) is 0 Å². The van der Waals surface area contributed by atoms with Gasteiger partial charge in [-0.3, -0.25) is 14.7 Å². The van der Waals surface area contributed by atoms with E-state index in [1.54, 1.807) is 0 Å². The molecule has 8 bridgehead atoms. The summed E-state index contributed by atoms with van der Waals surface area (Å²) in [5.74, 6) is 0. The Kier molecular flexibility index (Phi) is 11.1. The summed E-state index contributed by atoms with van der Waals surface area (Å²) in [4.78, 5) is 7.72. The van der Waals surface area contributed by atoms with E-state index in [0.717, 1.165) is 38.5 Å². The lowest BCUT2D eigenvalue weighted by molar-refractivity contribution is -0.148. The second-order valence-electron chi connectivity index (χ2n) is 14.8. The topological polar surface area (TPSA) is 58.7 Å². The molecule has 0 aromatic heterocycles. The van der Waals surface area contributed by atoms with Gasteiger partial charge in [0.2, 0.25) is 0 Å². The first-order chi connectivity index (χ1) is 19.6. The number of nitrogens with zero attached hydrogens (tertiary/aromatic N) is 3. The van der Waals surface area contributed by atoms with Gasteiger partial charge in [-0.2, -0.15) is 0 Å². The Balaban J connectivity index is 0.000000110. The number of rotatable bonds is 3. The number of fused-ring (bicyclic) bond motifs is 10. The Hall–Kier alpha value is -0.320. The maximum Gasteiger partial charge on any atom is 0.0729 e. The fraction of sp³-hybridized carbons (Fsp3) is 1.00. The highest BCUT2D eigenvalue weighted by molar-refractivity contribution is 4.95. The molecule has 8 heteroatoms. The summed E-state index contributed by atoms with van der Waals surface area (Å²) in [6, 6.07) is 6.16. The fourth-order valence-electron chi connectivity index (χ4n) is 8.69. The number of likely N-dealkylation sites (tertiary alicyclic amines) is 2. The SMILES string of the molecule is CC(C)N1C2CCC(OC2)[C@@H]1C.CC(C)N1C[C@@H]2C[C@H]1CO2.CC(C)N1C[C@H]2C[C@@H]1CO2.C[C@H]1NC2CCC1OC2. The van der Waals surface area contributed by atoms with Crippen LogP contribution >= 0.6 is 0 Å². The molecule has 10 fully saturated rings. The third-order valence-electron chi connectivity index (χ3n) is 10.9. The van der Waals surface area contributed by atoms with Crippen LogP contribution in [0.1, 0.15) is 93.9 Å². The Morgan fingerprint density at radius 2 is 1.12 bits per heavy atom. The Morgan fingerprint density at radius 1 is 0.585 bits per heavy atom. The van der Waals surface area contributed by atoms with Crippen LogP contribution in [0.15, 0.2) is 0 Å². The number of piperidine rings is 2. The maximum absolute atomic E-state index is 5.73. The first-order valence-corrected chi connectivity index (χ1v) is 17.1. The van der Waals surface area contributed by atoms with Gasteiger partial charge in [0.15, 0.2) is 0 Å². The third-order valence-corrected chi connectivity index (χ3v) is 10.9. The van der Waals surface area contributed by atoms with Crippen molar-refractivity contribution in [3.05, 3.63) is 0 Å². The predicted octanol–water partition coefficient (Wildman–Crippen LogP) is 3.91. The summed E-state index contributed by atoms with van der Waals surface area (Å²) in [7, 11) is 0. The molecule has 8 nitrogen and oxygen atoms in total. The van der Waals surface area contributed by atoms with Crippen LogP contribution in [-0.2, 0) is 18.9 Å². The smallest absolute Gasteiger partial charge is 0.0729 e. The summed E-state index contributed by atoms with van der Waals surface area (Å²) < 4.78 is 22.2. The molecule has 0 aliphatic carbocycles. The second-order valence-corrected chi connectivity index (χ2v) is 14.8. The molecular weight excluding hydrogens is 516 g/mol. The molecule has 10 saturated heterocycles. The highest BCUT2D eigenvalue weighted by atomic mass is 16.5. The molecule has 4 unspecified atom stereocenters. The number of hydrogen-bond donors (Lipinski definition) is 1. The average molecular weight is 579 g/mol. The first kappa shape index (κ1) is 32.1. The van der Waals surface area contributed by atoms with Gasteiger partial charge in [-0.05, 0) is 93.9 Å². The van der Waals surface area contributed by atoms with Gasteiger partial charge in [-0.25, -0.2) is 0 Å². The largest absolute Gasteiger partial charge is 0.375 e. The molecule has 1 N–H and O–H groups in total. The normalized spacial score (nSPS) is 42.8. The van der Waals surface area contributed by atoms with Crippen LogP contribution < -0.4 is 5.32 Å². The highest BCUT2D eigenvalue weighted by Crippen LogP contribution is 2.33. The van der Waals surface area contributed by atoms with Crippen LogP contribution in [0.5, 0.6) is 0 Å². The zero-order valence-corrected chi connectivity index (χ0v) is 27.5. The molecule has 10 rings (SSSR count). The summed E-state index contributed by atoms with van der Waals surface area (Å²) in [5, 5.41) is 3.49. The lowest BCUT2D eigenvalue weighted by atomic mass is 9.90. The monoisotopic (exact) mass is 578 g/mol. The van der Waals surface area contributed by atoms with Crippen molar-refractivity contribution < 1.29 is 18.9 Å². The van der Waals surface area contributed by atoms with Gasteiger partial charge in [-0.15, -0.1) is 0 Å². The van der Waals surface area contributed by atoms with Crippen LogP contribution in [0.2, 0.25) is 0 Å². The highest BCUT2D eigenvalue weighted by Gasteiger charge is 2.42. The van der Waals surface area contributed by atoms with Gasteiger partial charge in [0.25, 0.3) is 0 Å². The van der Waals surface area contributed by atoms with Gasteiger partial charge >= 0.3 is 0 Å². The molecule has 0 aromatic carbocycles. The molecule has 41 heavy (non-hydrogen) atoms. The van der Waals surface area contributed by atoms with Crippen molar-refractivity contribution in [1.29, 1.82) is 0 Å². The first-order valence-electron chi connectivity index (χ1n) is 17.1. The van der Waals surface area contributed by atoms with Crippen LogP contribution in [-0.4, -0.2) is 133 Å². The third kappa shape index (κ3) is 7.67. The molecule has 0 aromatic rings. The van der Waals surface area contributed by atoms with E-state index in [0.29, 0.717) is 66.7 Å². The molecule has 10 atom stereocenters. The maximum atomic E-state index is 5.73. The number of nitrogens with one attached hydrogen (secondary N) is 1. The van der Waals surface area contributed by atoms with E-state index in [1.165, 1.54) is 51.6 Å². The van der Waals surface area contributed by atoms with Crippen molar-refractivity contribution in [2.45, 2.75) is 173 Å². The minimum atomic E-state index is 0.509. The van der Waals surface area contributed by atoms with Crippen molar-refractivity contribution in [1.82, 2.24) is 20.0 Å². The summed E-state index contributed by atoms with van der Waals surface area (Å²) >= 11 is 0. The van der Waals surface area contributed by atoms with E-state index in [9.17, 15) is 0 Å². The van der Waals surface area contributed by atoms with Gasteiger partial charge in [0.1, 0.15) is 0 Å². The lowest BCUT2D eigenvalue weighted by Crippen LogP contribution is -2.61. The molecule has 238 valence electrons. The van der Waals surface area contributed by atoms with E-state index in [4.69, 9.17) is 18.9 Å². The quantitative estimate of drug-likeness (QED) is 0.541.